The molecule has 0 saturated carbocycles. The Balaban J connectivity index is 3.53. The molecule has 0 aromatic heterocycles. The number of aliphatic hydroxyl groups excluding tert-OH is 2. The number of aliphatic hydroxyl groups is 4. The van der Waals surface area contributed by atoms with Gasteiger partial charge < -0.3 is 25.2 Å². The standard InChI is InChI=1S/C14H24O6/c1-5-12(18,6-2)14(19,8-4)13(7-3)10(16)9(15)11(17)20-13/h15-16,18-19H,5-8H2,1-4H3/t13-,14-/m0/s1. The van der Waals surface area contributed by atoms with E-state index in [9.17, 15) is 25.2 Å². The van der Waals surface area contributed by atoms with Gasteiger partial charge in [-0.25, -0.2) is 4.79 Å². The van der Waals surface area contributed by atoms with E-state index in [2.05, 4.69) is 0 Å². The summed E-state index contributed by atoms with van der Waals surface area (Å²) in [4.78, 5) is 11.5. The molecular formula is C14H24O6. The normalized spacial score (nSPS) is 26.6. The number of hydrogen-bond donors (Lipinski definition) is 4. The predicted molar refractivity (Wildman–Crippen MR) is 72.2 cm³/mol. The number of hydrogen-bond acceptors (Lipinski definition) is 6. The molecule has 6 nitrogen and oxygen atoms in total. The Hall–Kier alpha value is -1.27. The lowest BCUT2D eigenvalue weighted by atomic mass is 9.65. The van der Waals surface area contributed by atoms with Crippen LogP contribution in [0.25, 0.3) is 0 Å². The Morgan fingerprint density at radius 1 is 1.05 bits per heavy atom. The molecule has 0 unspecified atom stereocenters. The van der Waals surface area contributed by atoms with Crippen molar-refractivity contribution < 1.29 is 30.0 Å². The minimum Gasteiger partial charge on any atom is -0.505 e. The summed E-state index contributed by atoms with van der Waals surface area (Å²) in [6.07, 6.45) is 0.493. The monoisotopic (exact) mass is 288 g/mol. The number of esters is 1. The first-order chi connectivity index (χ1) is 9.19. The summed E-state index contributed by atoms with van der Waals surface area (Å²) in [6, 6.07) is 0. The minimum atomic E-state index is -1.90. The third-order valence-corrected chi connectivity index (χ3v) is 4.68. The van der Waals surface area contributed by atoms with Gasteiger partial charge in [0, 0.05) is 0 Å². The lowest BCUT2D eigenvalue weighted by Gasteiger charge is -2.51. The molecule has 1 aliphatic heterocycles. The summed E-state index contributed by atoms with van der Waals surface area (Å²) < 4.78 is 5.11. The molecule has 0 bridgehead atoms. The second-order valence-electron chi connectivity index (χ2n) is 5.22. The first-order valence-electron chi connectivity index (χ1n) is 7.00. The van der Waals surface area contributed by atoms with Crippen LogP contribution >= 0.6 is 0 Å². The van der Waals surface area contributed by atoms with Crippen molar-refractivity contribution in [2.45, 2.75) is 70.2 Å². The Morgan fingerprint density at radius 3 is 1.80 bits per heavy atom. The van der Waals surface area contributed by atoms with Crippen LogP contribution in [0.2, 0.25) is 0 Å². The fourth-order valence-electron chi connectivity index (χ4n) is 3.18. The van der Waals surface area contributed by atoms with Gasteiger partial charge in [0.25, 0.3) is 0 Å². The van der Waals surface area contributed by atoms with E-state index in [1.54, 1.807) is 27.7 Å². The van der Waals surface area contributed by atoms with E-state index in [0.29, 0.717) is 0 Å². The molecule has 0 saturated heterocycles. The van der Waals surface area contributed by atoms with Gasteiger partial charge in [0.2, 0.25) is 11.4 Å². The first kappa shape index (κ1) is 16.8. The molecule has 0 aliphatic carbocycles. The Kier molecular flexibility index (Phi) is 4.41. The predicted octanol–water partition coefficient (Wildman–Crippen LogP) is 1.71. The van der Waals surface area contributed by atoms with Crippen LogP contribution in [0.5, 0.6) is 0 Å². The van der Waals surface area contributed by atoms with Crippen molar-refractivity contribution in [3.05, 3.63) is 11.5 Å². The summed E-state index contributed by atoms with van der Waals surface area (Å²) >= 11 is 0. The number of rotatable bonds is 6. The van der Waals surface area contributed by atoms with Crippen LogP contribution in [0.15, 0.2) is 11.5 Å². The highest BCUT2D eigenvalue weighted by atomic mass is 16.6. The van der Waals surface area contributed by atoms with Gasteiger partial charge in [-0.2, -0.15) is 0 Å². The zero-order valence-electron chi connectivity index (χ0n) is 12.4. The quantitative estimate of drug-likeness (QED) is 0.554. The Morgan fingerprint density at radius 2 is 1.55 bits per heavy atom. The fraction of sp³-hybridized carbons (Fsp3) is 0.786. The van der Waals surface area contributed by atoms with Gasteiger partial charge >= 0.3 is 5.97 Å². The number of cyclic esters (lactones) is 1. The molecule has 1 rings (SSSR count). The van der Waals surface area contributed by atoms with Crippen LogP contribution in [0.3, 0.4) is 0 Å². The summed E-state index contributed by atoms with van der Waals surface area (Å²) in [6.45, 7) is 6.63. The topological polar surface area (TPSA) is 107 Å². The lowest BCUT2D eigenvalue weighted by Crippen LogP contribution is -2.68. The average molecular weight is 288 g/mol. The molecule has 116 valence electrons. The molecule has 20 heavy (non-hydrogen) atoms. The van der Waals surface area contributed by atoms with Gasteiger partial charge in [0.15, 0.2) is 5.76 Å². The molecule has 2 atom stereocenters. The van der Waals surface area contributed by atoms with E-state index in [1.165, 1.54) is 0 Å². The van der Waals surface area contributed by atoms with Crippen molar-refractivity contribution in [1.29, 1.82) is 0 Å². The highest BCUT2D eigenvalue weighted by molar-refractivity contribution is 5.90. The van der Waals surface area contributed by atoms with E-state index < -0.39 is 34.3 Å². The number of carbonyl (C=O) groups excluding carboxylic acids is 1. The van der Waals surface area contributed by atoms with Crippen molar-refractivity contribution in [3.8, 4) is 0 Å². The first-order valence-corrected chi connectivity index (χ1v) is 7.00. The average Bonchev–Trinajstić information content (AvgIpc) is 2.70. The lowest BCUT2D eigenvalue weighted by molar-refractivity contribution is -0.249. The Bertz CT molecular complexity index is 425. The van der Waals surface area contributed by atoms with E-state index in [1.807, 2.05) is 0 Å². The molecule has 4 N–H and O–H groups in total. The van der Waals surface area contributed by atoms with Crippen LogP contribution in [0.4, 0.5) is 0 Å². The van der Waals surface area contributed by atoms with E-state index in [-0.39, 0.29) is 25.7 Å². The van der Waals surface area contributed by atoms with Gasteiger partial charge in [-0.05, 0) is 25.7 Å². The van der Waals surface area contributed by atoms with E-state index in [4.69, 9.17) is 4.74 Å². The van der Waals surface area contributed by atoms with Crippen molar-refractivity contribution in [2.75, 3.05) is 0 Å². The molecule has 0 aromatic rings. The Labute approximate surface area is 118 Å². The smallest absolute Gasteiger partial charge is 0.378 e. The molecule has 1 heterocycles. The van der Waals surface area contributed by atoms with Crippen molar-refractivity contribution in [1.82, 2.24) is 0 Å². The van der Waals surface area contributed by atoms with E-state index >= 15 is 0 Å². The SMILES string of the molecule is CCC(O)(CC)[C@@](O)(CC)[C@@]1(CC)OC(=O)C(O)=C1O. The van der Waals surface area contributed by atoms with Crippen LogP contribution in [0, 0.1) is 0 Å². The number of carbonyl (C=O) groups is 1. The molecule has 0 radical (unpaired) electrons. The highest BCUT2D eigenvalue weighted by Gasteiger charge is 2.67. The minimum absolute atomic E-state index is 0.0291. The third kappa shape index (κ3) is 1.82. The van der Waals surface area contributed by atoms with Gasteiger partial charge in [0.1, 0.15) is 5.60 Å². The molecule has 0 aromatic carbocycles. The molecule has 0 fully saturated rings. The van der Waals surface area contributed by atoms with Crippen molar-refractivity contribution >= 4 is 5.97 Å². The summed E-state index contributed by atoms with van der Waals surface area (Å²) in [5.74, 6) is -2.71. The summed E-state index contributed by atoms with van der Waals surface area (Å²) in [5.41, 5.74) is -5.29. The zero-order chi connectivity index (χ0) is 15.8. The fourth-order valence-corrected chi connectivity index (χ4v) is 3.18. The third-order valence-electron chi connectivity index (χ3n) is 4.68. The van der Waals surface area contributed by atoms with Gasteiger partial charge in [-0.1, -0.05) is 27.7 Å². The molecule has 0 amide bonds. The molecule has 0 spiro atoms. The van der Waals surface area contributed by atoms with Gasteiger partial charge in [0.05, 0.1) is 5.60 Å². The largest absolute Gasteiger partial charge is 0.505 e. The molecule has 1 aliphatic rings. The van der Waals surface area contributed by atoms with Gasteiger partial charge in [-0.3, -0.25) is 0 Å². The van der Waals surface area contributed by atoms with E-state index in [0.717, 1.165) is 0 Å². The van der Waals surface area contributed by atoms with Crippen LogP contribution in [-0.4, -0.2) is 43.2 Å². The zero-order valence-corrected chi connectivity index (χ0v) is 12.4. The highest BCUT2D eigenvalue weighted by Crippen LogP contribution is 2.50. The molecular weight excluding hydrogens is 264 g/mol. The summed E-state index contributed by atoms with van der Waals surface area (Å²) in [5, 5.41) is 41.5. The second kappa shape index (κ2) is 5.26. The van der Waals surface area contributed by atoms with Crippen LogP contribution in [0.1, 0.15) is 53.4 Å². The summed E-state index contributed by atoms with van der Waals surface area (Å²) in [7, 11) is 0. The van der Waals surface area contributed by atoms with Crippen molar-refractivity contribution in [3.63, 3.8) is 0 Å². The van der Waals surface area contributed by atoms with Crippen LogP contribution in [-0.2, 0) is 9.53 Å². The maximum atomic E-state index is 11.5. The van der Waals surface area contributed by atoms with Crippen molar-refractivity contribution in [2.24, 2.45) is 0 Å². The maximum Gasteiger partial charge on any atom is 0.378 e. The van der Waals surface area contributed by atoms with Crippen LogP contribution < -0.4 is 0 Å². The van der Waals surface area contributed by atoms with Gasteiger partial charge in [-0.15, -0.1) is 0 Å². The maximum absolute atomic E-state index is 11.5. The number of ether oxygens (including phenoxy) is 1. The second-order valence-corrected chi connectivity index (χ2v) is 5.22. The molecule has 6 heteroatoms.